The summed E-state index contributed by atoms with van der Waals surface area (Å²) >= 11 is 0. The predicted octanol–water partition coefficient (Wildman–Crippen LogP) is 1.10. The van der Waals surface area contributed by atoms with Gasteiger partial charge in [-0.3, -0.25) is 4.79 Å². The smallest absolute Gasteiger partial charge is 0.308 e. The molecular formula is C15H12F2N6O2. The summed E-state index contributed by atoms with van der Waals surface area (Å²) in [4.78, 5) is 13.4. The van der Waals surface area contributed by atoms with E-state index in [4.69, 9.17) is 0 Å². The number of benzene rings is 1. The minimum atomic E-state index is -1.04. The molecule has 3 heterocycles. The summed E-state index contributed by atoms with van der Waals surface area (Å²) in [5.41, 5.74) is 0.638. The zero-order valence-corrected chi connectivity index (χ0v) is 12.8. The summed E-state index contributed by atoms with van der Waals surface area (Å²) in [5, 5.41) is 24.7. The van der Waals surface area contributed by atoms with Gasteiger partial charge >= 0.3 is 5.97 Å². The SMILES string of the molecule is O=C(O)[C@H]1CN(c2ccc3nnnn3n2)C[C@@H]1c1ccc(F)cc1F. The van der Waals surface area contributed by atoms with E-state index >= 15 is 0 Å². The van der Waals surface area contributed by atoms with Crippen LogP contribution in [0.5, 0.6) is 0 Å². The number of halogens is 2. The fourth-order valence-corrected chi connectivity index (χ4v) is 3.17. The number of tetrazole rings is 1. The Morgan fingerprint density at radius 3 is 2.80 bits per heavy atom. The molecule has 128 valence electrons. The van der Waals surface area contributed by atoms with Crippen LogP contribution in [0.2, 0.25) is 0 Å². The third kappa shape index (κ3) is 2.65. The number of carbonyl (C=O) groups is 1. The molecule has 3 aromatic rings. The summed E-state index contributed by atoms with van der Waals surface area (Å²) in [6.45, 7) is 0.387. The van der Waals surface area contributed by atoms with Crippen molar-refractivity contribution in [2.45, 2.75) is 5.92 Å². The van der Waals surface area contributed by atoms with Crippen LogP contribution in [0.3, 0.4) is 0 Å². The fraction of sp³-hybridized carbons (Fsp3) is 0.267. The van der Waals surface area contributed by atoms with Crippen LogP contribution in [0, 0.1) is 17.6 Å². The molecule has 1 aromatic carbocycles. The largest absolute Gasteiger partial charge is 0.481 e. The molecule has 2 aromatic heterocycles. The molecule has 0 aliphatic carbocycles. The molecule has 0 spiro atoms. The van der Waals surface area contributed by atoms with Gasteiger partial charge in [0.1, 0.15) is 11.6 Å². The molecule has 10 heteroatoms. The van der Waals surface area contributed by atoms with Crippen LogP contribution in [0.25, 0.3) is 5.65 Å². The van der Waals surface area contributed by atoms with E-state index < -0.39 is 29.4 Å². The topological polar surface area (TPSA) is 96.5 Å². The number of aliphatic carboxylic acids is 1. The first-order valence-corrected chi connectivity index (χ1v) is 7.51. The Morgan fingerprint density at radius 1 is 1.20 bits per heavy atom. The summed E-state index contributed by atoms with van der Waals surface area (Å²) in [7, 11) is 0. The number of hydrogen-bond donors (Lipinski definition) is 1. The second-order valence-electron chi connectivity index (χ2n) is 5.84. The third-order valence-electron chi connectivity index (χ3n) is 4.38. The van der Waals surface area contributed by atoms with Crippen LogP contribution in [-0.4, -0.2) is 49.4 Å². The number of anilines is 1. The van der Waals surface area contributed by atoms with Crippen LogP contribution >= 0.6 is 0 Å². The van der Waals surface area contributed by atoms with E-state index in [0.717, 1.165) is 12.1 Å². The highest BCUT2D eigenvalue weighted by Gasteiger charge is 2.40. The molecule has 0 radical (unpaired) electrons. The van der Waals surface area contributed by atoms with E-state index in [2.05, 4.69) is 20.6 Å². The summed E-state index contributed by atoms with van der Waals surface area (Å²) in [5.74, 6) is -3.47. The quantitative estimate of drug-likeness (QED) is 0.758. The third-order valence-corrected chi connectivity index (χ3v) is 4.38. The molecule has 0 unspecified atom stereocenters. The Balaban J connectivity index is 1.69. The van der Waals surface area contributed by atoms with Crippen LogP contribution in [-0.2, 0) is 4.79 Å². The minimum Gasteiger partial charge on any atom is -0.481 e. The molecule has 0 saturated carbocycles. The zero-order chi connectivity index (χ0) is 17.6. The molecule has 0 amide bonds. The second-order valence-corrected chi connectivity index (χ2v) is 5.84. The molecule has 1 N–H and O–H groups in total. The maximum atomic E-state index is 14.1. The van der Waals surface area contributed by atoms with E-state index in [0.29, 0.717) is 11.5 Å². The van der Waals surface area contributed by atoms with Gasteiger partial charge in [0.2, 0.25) is 0 Å². The van der Waals surface area contributed by atoms with Crippen LogP contribution < -0.4 is 4.90 Å². The number of nitrogens with zero attached hydrogens (tertiary/aromatic N) is 6. The van der Waals surface area contributed by atoms with Crippen LogP contribution in [0.4, 0.5) is 14.6 Å². The molecule has 1 aliphatic rings. The van der Waals surface area contributed by atoms with Crippen LogP contribution in [0.1, 0.15) is 11.5 Å². The molecular weight excluding hydrogens is 334 g/mol. The molecule has 2 atom stereocenters. The van der Waals surface area contributed by atoms with Gasteiger partial charge in [0.05, 0.1) is 5.92 Å². The van der Waals surface area contributed by atoms with Crippen molar-refractivity contribution in [3.8, 4) is 0 Å². The molecule has 1 aliphatic heterocycles. The summed E-state index contributed by atoms with van der Waals surface area (Å²) in [6, 6.07) is 6.53. The predicted molar refractivity (Wildman–Crippen MR) is 81.0 cm³/mol. The lowest BCUT2D eigenvalue weighted by molar-refractivity contribution is -0.141. The molecule has 1 fully saturated rings. The first-order valence-electron chi connectivity index (χ1n) is 7.51. The Morgan fingerprint density at radius 2 is 2.04 bits per heavy atom. The van der Waals surface area contributed by atoms with Crippen molar-refractivity contribution in [3.63, 3.8) is 0 Å². The highest BCUT2D eigenvalue weighted by molar-refractivity contribution is 5.74. The van der Waals surface area contributed by atoms with Gasteiger partial charge in [-0.1, -0.05) is 6.07 Å². The number of rotatable bonds is 3. The van der Waals surface area contributed by atoms with Crippen molar-refractivity contribution in [3.05, 3.63) is 47.5 Å². The van der Waals surface area contributed by atoms with E-state index in [1.165, 1.54) is 10.7 Å². The van der Waals surface area contributed by atoms with E-state index in [1.54, 1.807) is 17.0 Å². The van der Waals surface area contributed by atoms with Gasteiger partial charge in [0.15, 0.2) is 11.5 Å². The Kier molecular flexibility index (Phi) is 3.52. The number of carboxylic acid groups (broad SMARTS) is 1. The van der Waals surface area contributed by atoms with Crippen molar-refractivity contribution >= 4 is 17.4 Å². The molecule has 1 saturated heterocycles. The van der Waals surface area contributed by atoms with Gasteiger partial charge in [0.25, 0.3) is 0 Å². The van der Waals surface area contributed by atoms with Crippen molar-refractivity contribution < 1.29 is 18.7 Å². The number of carboxylic acids is 1. The van der Waals surface area contributed by atoms with E-state index in [-0.39, 0.29) is 18.7 Å². The lowest BCUT2D eigenvalue weighted by atomic mass is 9.88. The highest BCUT2D eigenvalue weighted by Crippen LogP contribution is 2.36. The van der Waals surface area contributed by atoms with Crippen molar-refractivity contribution in [1.29, 1.82) is 0 Å². The van der Waals surface area contributed by atoms with Gasteiger partial charge in [-0.2, -0.15) is 0 Å². The van der Waals surface area contributed by atoms with Crippen LogP contribution in [0.15, 0.2) is 30.3 Å². The molecule has 4 rings (SSSR count). The number of aromatic nitrogens is 5. The fourth-order valence-electron chi connectivity index (χ4n) is 3.17. The van der Waals surface area contributed by atoms with Crippen molar-refractivity contribution in [2.75, 3.05) is 18.0 Å². The van der Waals surface area contributed by atoms with Gasteiger partial charge < -0.3 is 10.0 Å². The Labute approximate surface area is 139 Å². The Hall–Kier alpha value is -3.17. The van der Waals surface area contributed by atoms with E-state index in [9.17, 15) is 18.7 Å². The average molecular weight is 346 g/mol. The van der Waals surface area contributed by atoms with Gasteiger partial charge in [-0.25, -0.2) is 8.78 Å². The lowest BCUT2D eigenvalue weighted by Gasteiger charge is -2.17. The molecule has 0 bridgehead atoms. The lowest BCUT2D eigenvalue weighted by Crippen LogP contribution is -2.24. The first-order chi connectivity index (χ1) is 12.0. The highest BCUT2D eigenvalue weighted by atomic mass is 19.1. The zero-order valence-electron chi connectivity index (χ0n) is 12.8. The number of fused-ring (bicyclic) bond motifs is 1. The van der Waals surface area contributed by atoms with Crippen molar-refractivity contribution in [2.24, 2.45) is 5.92 Å². The first kappa shape index (κ1) is 15.4. The van der Waals surface area contributed by atoms with E-state index in [1.807, 2.05) is 0 Å². The Bertz CT molecular complexity index is 962. The minimum absolute atomic E-state index is 0.150. The van der Waals surface area contributed by atoms with Gasteiger partial charge in [-0.05, 0) is 34.2 Å². The second kappa shape index (κ2) is 5.72. The number of hydrogen-bond acceptors (Lipinski definition) is 6. The maximum absolute atomic E-state index is 14.1. The summed E-state index contributed by atoms with van der Waals surface area (Å²) in [6.07, 6.45) is 0. The monoisotopic (exact) mass is 346 g/mol. The van der Waals surface area contributed by atoms with Crippen molar-refractivity contribution in [1.82, 2.24) is 25.3 Å². The average Bonchev–Trinajstić information content (AvgIpc) is 3.21. The standard InChI is InChI=1S/C15H12F2N6O2/c16-8-1-2-9(12(17)5-8)10-6-22(7-11(10)15(24)25)14-4-3-13-18-20-21-23(13)19-14/h1-5,10-11H,6-7H2,(H,24,25)/t10-,11+/m1/s1. The van der Waals surface area contributed by atoms with Gasteiger partial charge in [0, 0.05) is 25.1 Å². The van der Waals surface area contributed by atoms with Gasteiger partial charge in [-0.15, -0.1) is 14.8 Å². The molecule has 8 nitrogen and oxygen atoms in total. The summed E-state index contributed by atoms with van der Waals surface area (Å²) < 4.78 is 28.5. The molecule has 25 heavy (non-hydrogen) atoms. The normalized spacial score (nSPS) is 20.3. The maximum Gasteiger partial charge on any atom is 0.308 e.